The Morgan fingerprint density at radius 1 is 0.971 bits per heavy atom. The van der Waals surface area contributed by atoms with Crippen LogP contribution < -0.4 is 10.0 Å². The molecule has 3 aromatic carbocycles. The third kappa shape index (κ3) is 5.94. The molecular weight excluding hydrogens is 477 g/mol. The fraction of sp³-hybridized carbons (Fsp3) is 0.240. The Morgan fingerprint density at radius 3 is 2.29 bits per heavy atom. The van der Waals surface area contributed by atoms with Crippen LogP contribution in [0.2, 0.25) is 5.02 Å². The number of sulfonamides is 1. The van der Waals surface area contributed by atoms with E-state index < -0.39 is 10.0 Å². The molecule has 2 N–H and O–H groups in total. The lowest BCUT2D eigenvalue weighted by atomic mass is 9.95. The summed E-state index contributed by atoms with van der Waals surface area (Å²) in [5.41, 5.74) is 1.47. The van der Waals surface area contributed by atoms with Crippen molar-refractivity contribution in [3.05, 3.63) is 89.2 Å². The van der Waals surface area contributed by atoms with E-state index in [0.29, 0.717) is 54.4 Å². The maximum absolute atomic E-state index is 13.9. The number of para-hydroxylation sites is 1. The first kappa shape index (κ1) is 24.2. The zero-order chi connectivity index (χ0) is 24.1. The van der Waals surface area contributed by atoms with Gasteiger partial charge in [-0.1, -0.05) is 41.9 Å². The van der Waals surface area contributed by atoms with E-state index in [1.54, 1.807) is 48.5 Å². The summed E-state index contributed by atoms with van der Waals surface area (Å²) in [6, 6.07) is 19.3. The topological polar surface area (TPSA) is 78.5 Å². The second kappa shape index (κ2) is 10.5. The van der Waals surface area contributed by atoms with Gasteiger partial charge in [0, 0.05) is 23.7 Å². The lowest BCUT2D eigenvalue weighted by Gasteiger charge is -2.31. The molecule has 1 aliphatic heterocycles. The van der Waals surface area contributed by atoms with Gasteiger partial charge in [0.15, 0.2) is 0 Å². The van der Waals surface area contributed by atoms with Crippen LogP contribution in [-0.2, 0) is 21.4 Å². The monoisotopic (exact) mass is 501 g/mol. The summed E-state index contributed by atoms with van der Waals surface area (Å²) < 4.78 is 41.6. The number of anilines is 2. The Hall–Kier alpha value is -2.94. The van der Waals surface area contributed by atoms with Crippen molar-refractivity contribution >= 4 is 38.9 Å². The van der Waals surface area contributed by atoms with E-state index >= 15 is 0 Å². The van der Waals surface area contributed by atoms with Crippen molar-refractivity contribution < 1.29 is 17.6 Å². The Balaban J connectivity index is 1.31. The van der Waals surface area contributed by atoms with Crippen LogP contribution in [0, 0.1) is 11.7 Å². The predicted octanol–water partition coefficient (Wildman–Crippen LogP) is 5.13. The number of likely N-dealkylation sites (tertiary alicyclic amines) is 1. The fourth-order valence-electron chi connectivity index (χ4n) is 3.93. The normalized spacial score (nSPS) is 15.1. The highest BCUT2D eigenvalue weighted by molar-refractivity contribution is 7.92. The van der Waals surface area contributed by atoms with Gasteiger partial charge in [0.1, 0.15) is 5.82 Å². The Labute approximate surface area is 203 Å². The van der Waals surface area contributed by atoms with Crippen LogP contribution >= 0.6 is 11.6 Å². The lowest BCUT2D eigenvalue weighted by Crippen LogP contribution is -2.37. The number of amides is 1. The van der Waals surface area contributed by atoms with Crippen LogP contribution in [0.3, 0.4) is 0 Å². The largest absolute Gasteiger partial charge is 0.326 e. The number of nitrogens with zero attached hydrogens (tertiary/aromatic N) is 1. The molecule has 6 nitrogen and oxygen atoms in total. The highest BCUT2D eigenvalue weighted by Crippen LogP contribution is 2.25. The molecule has 0 unspecified atom stereocenters. The Bertz CT molecular complexity index is 1260. The van der Waals surface area contributed by atoms with Crippen LogP contribution in [-0.4, -0.2) is 32.3 Å². The van der Waals surface area contributed by atoms with Crippen LogP contribution in [0.1, 0.15) is 18.4 Å². The molecule has 0 spiro atoms. The maximum atomic E-state index is 13.9. The molecule has 4 rings (SSSR count). The average molecular weight is 502 g/mol. The van der Waals surface area contributed by atoms with Crippen molar-refractivity contribution in [2.75, 3.05) is 23.1 Å². The molecule has 0 saturated carbocycles. The standard InChI is InChI=1S/C25H25ClFN3O3S/c26-22-6-2-4-8-24(22)29-34(32,33)21-11-9-20(10-12-21)28-25(31)18-13-15-30(16-14-18)17-19-5-1-3-7-23(19)27/h1-12,18,29H,13-17H2,(H,28,31). The van der Waals surface area contributed by atoms with E-state index in [9.17, 15) is 17.6 Å². The molecule has 1 heterocycles. The minimum Gasteiger partial charge on any atom is -0.326 e. The second-order valence-electron chi connectivity index (χ2n) is 8.24. The van der Waals surface area contributed by atoms with E-state index in [1.807, 2.05) is 6.07 Å². The first-order valence-corrected chi connectivity index (χ1v) is 12.8. The van der Waals surface area contributed by atoms with Crippen LogP contribution in [0.25, 0.3) is 0 Å². The third-order valence-corrected chi connectivity index (χ3v) is 7.57. The third-order valence-electron chi connectivity index (χ3n) is 5.86. The van der Waals surface area contributed by atoms with Gasteiger partial charge >= 0.3 is 0 Å². The van der Waals surface area contributed by atoms with Gasteiger partial charge in [-0.15, -0.1) is 0 Å². The highest BCUT2D eigenvalue weighted by atomic mass is 35.5. The predicted molar refractivity (Wildman–Crippen MR) is 132 cm³/mol. The summed E-state index contributed by atoms with van der Waals surface area (Å²) in [5.74, 6) is -0.465. The molecule has 0 radical (unpaired) electrons. The van der Waals surface area contributed by atoms with E-state index in [0.717, 1.165) is 0 Å². The van der Waals surface area contributed by atoms with Gasteiger partial charge in [0.05, 0.1) is 15.6 Å². The van der Waals surface area contributed by atoms with Crippen molar-refractivity contribution in [3.8, 4) is 0 Å². The van der Waals surface area contributed by atoms with Crippen molar-refractivity contribution in [2.24, 2.45) is 5.92 Å². The molecule has 1 aliphatic rings. The quantitative estimate of drug-likeness (QED) is 0.470. The van der Waals surface area contributed by atoms with E-state index in [2.05, 4.69) is 14.9 Å². The number of hydrogen-bond donors (Lipinski definition) is 2. The number of hydrogen-bond acceptors (Lipinski definition) is 4. The number of carbonyl (C=O) groups excluding carboxylic acids is 1. The van der Waals surface area contributed by atoms with E-state index in [-0.39, 0.29) is 22.5 Å². The van der Waals surface area contributed by atoms with Gasteiger partial charge in [0.2, 0.25) is 5.91 Å². The summed E-state index contributed by atoms with van der Waals surface area (Å²) in [6.07, 6.45) is 1.35. The average Bonchev–Trinajstić information content (AvgIpc) is 2.83. The fourth-order valence-corrected chi connectivity index (χ4v) is 5.25. The number of carbonyl (C=O) groups is 1. The number of nitrogens with one attached hydrogen (secondary N) is 2. The molecule has 1 saturated heterocycles. The molecule has 0 aliphatic carbocycles. The van der Waals surface area contributed by atoms with Crippen LogP contribution in [0.15, 0.2) is 77.7 Å². The summed E-state index contributed by atoms with van der Waals surface area (Å²) >= 11 is 6.04. The van der Waals surface area contributed by atoms with Gasteiger partial charge < -0.3 is 5.32 Å². The SMILES string of the molecule is O=C(Nc1ccc(S(=O)(=O)Nc2ccccc2Cl)cc1)C1CCN(Cc2ccccc2F)CC1. The van der Waals surface area contributed by atoms with E-state index in [4.69, 9.17) is 11.6 Å². The van der Waals surface area contributed by atoms with Gasteiger partial charge in [-0.2, -0.15) is 0 Å². The minimum atomic E-state index is -3.82. The van der Waals surface area contributed by atoms with Gasteiger partial charge in [-0.05, 0) is 68.4 Å². The first-order chi connectivity index (χ1) is 16.3. The van der Waals surface area contributed by atoms with Crippen molar-refractivity contribution in [2.45, 2.75) is 24.3 Å². The number of benzene rings is 3. The number of rotatable bonds is 7. The van der Waals surface area contributed by atoms with E-state index in [1.165, 1.54) is 18.2 Å². The van der Waals surface area contributed by atoms with Crippen molar-refractivity contribution in [1.82, 2.24) is 4.90 Å². The number of piperidine rings is 1. The summed E-state index contributed by atoms with van der Waals surface area (Å²) in [4.78, 5) is 14.9. The molecule has 1 amide bonds. The van der Waals surface area contributed by atoms with Crippen molar-refractivity contribution in [1.29, 1.82) is 0 Å². The van der Waals surface area contributed by atoms with Gasteiger partial charge in [-0.3, -0.25) is 14.4 Å². The Morgan fingerprint density at radius 2 is 1.62 bits per heavy atom. The molecule has 0 atom stereocenters. The minimum absolute atomic E-state index is 0.0619. The van der Waals surface area contributed by atoms with Crippen LogP contribution in [0.4, 0.5) is 15.8 Å². The summed E-state index contributed by atoms with van der Waals surface area (Å²) in [6.45, 7) is 1.94. The van der Waals surface area contributed by atoms with Crippen molar-refractivity contribution in [3.63, 3.8) is 0 Å². The smallest absolute Gasteiger partial charge is 0.261 e. The molecule has 9 heteroatoms. The summed E-state index contributed by atoms with van der Waals surface area (Å²) in [7, 11) is -3.82. The second-order valence-corrected chi connectivity index (χ2v) is 10.3. The summed E-state index contributed by atoms with van der Waals surface area (Å²) in [5, 5.41) is 3.17. The molecule has 1 fully saturated rings. The molecule has 3 aromatic rings. The molecule has 0 bridgehead atoms. The zero-order valence-corrected chi connectivity index (χ0v) is 19.9. The molecule has 178 valence electrons. The Kier molecular flexibility index (Phi) is 7.50. The lowest BCUT2D eigenvalue weighted by molar-refractivity contribution is -0.121. The maximum Gasteiger partial charge on any atom is 0.261 e. The first-order valence-electron chi connectivity index (χ1n) is 11.0. The molecule has 0 aromatic heterocycles. The van der Waals surface area contributed by atoms with Gasteiger partial charge in [-0.25, -0.2) is 12.8 Å². The highest BCUT2D eigenvalue weighted by Gasteiger charge is 2.25. The zero-order valence-electron chi connectivity index (χ0n) is 18.4. The molecular formula is C25H25ClFN3O3S. The number of halogens is 2. The molecule has 34 heavy (non-hydrogen) atoms. The van der Waals surface area contributed by atoms with Crippen LogP contribution in [0.5, 0.6) is 0 Å². The van der Waals surface area contributed by atoms with Gasteiger partial charge in [0.25, 0.3) is 10.0 Å².